The third kappa shape index (κ3) is 2.25. The molecule has 1 aliphatic rings. The smallest absolute Gasteiger partial charge is 0.314 e. The zero-order valence-corrected chi connectivity index (χ0v) is 9.16. The van der Waals surface area contributed by atoms with Crippen LogP contribution in [0.2, 0.25) is 0 Å². The largest absolute Gasteiger partial charge is 0.336 e. The van der Waals surface area contributed by atoms with Crippen LogP contribution in [0, 0.1) is 12.3 Å². The summed E-state index contributed by atoms with van der Waals surface area (Å²) in [6.07, 6.45) is 5.20. The minimum absolute atomic E-state index is 0.174. The molecule has 1 aliphatic heterocycles. The van der Waals surface area contributed by atoms with Crippen molar-refractivity contribution < 1.29 is 17.5 Å². The highest BCUT2D eigenvalue weighted by Crippen LogP contribution is 2.20. The average Bonchev–Trinajstić information content (AvgIpc) is 1.76. The van der Waals surface area contributed by atoms with Crippen molar-refractivity contribution in [3.8, 4) is 12.3 Å². The molecule has 0 radical (unpaired) electrons. The summed E-state index contributed by atoms with van der Waals surface area (Å²) < 4.78 is 31.7. The number of quaternary nitrogens is 1. The lowest BCUT2D eigenvalue weighted by atomic mass is 10.1. The van der Waals surface area contributed by atoms with Crippen LogP contribution in [0.4, 0.5) is 0 Å². The van der Waals surface area contributed by atoms with E-state index in [1.165, 1.54) is 0 Å². The van der Waals surface area contributed by atoms with Crippen LogP contribution in [-0.4, -0.2) is 61.5 Å². The highest BCUT2D eigenvalue weighted by molar-refractivity contribution is 7.83. The van der Waals surface area contributed by atoms with Crippen LogP contribution in [0.1, 0.15) is 0 Å². The first-order valence-electron chi connectivity index (χ1n) is 4.26. The van der Waals surface area contributed by atoms with Gasteiger partial charge in [-0.1, -0.05) is 0 Å². The van der Waals surface area contributed by atoms with Crippen LogP contribution in [-0.2, 0) is 10.3 Å². The third-order valence-corrected chi connectivity index (χ3v) is 3.59. The molecule has 1 rings (SSSR count). The Morgan fingerprint density at radius 1 is 1.57 bits per heavy atom. The first-order valence-corrected chi connectivity index (χ1v) is 5.66. The maximum absolute atomic E-state index is 10.7. The van der Waals surface area contributed by atoms with Crippen LogP contribution in [0.25, 0.3) is 0 Å². The molecule has 5 nitrogen and oxygen atoms in total. The molecule has 1 heterocycles. The van der Waals surface area contributed by atoms with Gasteiger partial charge in [0.15, 0.2) is 0 Å². The van der Waals surface area contributed by atoms with E-state index >= 15 is 0 Å². The SMILES string of the molecule is C#CC[N+](C)(C)C1CN(S(=O)(=O)O)C1. The van der Waals surface area contributed by atoms with E-state index in [0.717, 1.165) is 4.31 Å². The second-order valence-electron chi connectivity index (χ2n) is 4.09. The third-order valence-electron chi connectivity index (χ3n) is 2.64. The molecule has 0 saturated carbocycles. The first kappa shape index (κ1) is 11.5. The van der Waals surface area contributed by atoms with E-state index in [0.29, 0.717) is 24.1 Å². The summed E-state index contributed by atoms with van der Waals surface area (Å²) in [6.45, 7) is 1.24. The predicted molar refractivity (Wildman–Crippen MR) is 52.7 cm³/mol. The van der Waals surface area contributed by atoms with Gasteiger partial charge in [-0.05, 0) is 5.92 Å². The molecule has 0 bridgehead atoms. The molecule has 0 aromatic carbocycles. The van der Waals surface area contributed by atoms with Crippen molar-refractivity contribution >= 4 is 10.3 Å². The van der Waals surface area contributed by atoms with Gasteiger partial charge in [0.1, 0.15) is 12.6 Å². The Morgan fingerprint density at radius 3 is 2.43 bits per heavy atom. The Hall–Kier alpha value is -0.610. The molecular weight excluding hydrogens is 204 g/mol. The second kappa shape index (κ2) is 3.51. The van der Waals surface area contributed by atoms with Gasteiger partial charge in [-0.25, -0.2) is 0 Å². The van der Waals surface area contributed by atoms with Crippen LogP contribution in [0.3, 0.4) is 0 Å². The number of hydrogen-bond donors (Lipinski definition) is 1. The average molecular weight is 219 g/mol. The quantitative estimate of drug-likeness (QED) is 0.383. The maximum Gasteiger partial charge on any atom is 0.336 e. The second-order valence-corrected chi connectivity index (χ2v) is 5.50. The van der Waals surface area contributed by atoms with E-state index in [1.54, 1.807) is 0 Å². The summed E-state index contributed by atoms with van der Waals surface area (Å²) in [5.74, 6) is 2.55. The van der Waals surface area contributed by atoms with E-state index in [4.69, 9.17) is 11.0 Å². The molecule has 1 N–H and O–H groups in total. The van der Waals surface area contributed by atoms with Gasteiger partial charge in [-0.15, -0.1) is 6.42 Å². The molecule has 80 valence electrons. The highest BCUT2D eigenvalue weighted by atomic mass is 32.2. The summed E-state index contributed by atoms with van der Waals surface area (Å²) >= 11 is 0. The maximum atomic E-state index is 10.7. The zero-order valence-electron chi connectivity index (χ0n) is 8.34. The van der Waals surface area contributed by atoms with E-state index in [-0.39, 0.29) is 6.04 Å². The molecule has 0 atom stereocenters. The molecule has 0 aromatic rings. The summed E-state index contributed by atoms with van der Waals surface area (Å²) in [6, 6.07) is 0.174. The molecule has 1 fully saturated rings. The van der Waals surface area contributed by atoms with E-state index in [2.05, 4.69) is 5.92 Å². The van der Waals surface area contributed by atoms with Gasteiger partial charge in [0.2, 0.25) is 0 Å². The summed E-state index contributed by atoms with van der Waals surface area (Å²) in [5.41, 5.74) is 0. The molecule has 6 heteroatoms. The Labute approximate surface area is 84.8 Å². The molecule has 0 unspecified atom stereocenters. The lowest BCUT2D eigenvalue weighted by Gasteiger charge is -2.45. The van der Waals surface area contributed by atoms with Gasteiger partial charge < -0.3 is 4.48 Å². The predicted octanol–water partition coefficient (Wildman–Crippen LogP) is -0.817. The monoisotopic (exact) mass is 219 g/mol. The van der Waals surface area contributed by atoms with Crippen molar-refractivity contribution in [2.45, 2.75) is 6.04 Å². The van der Waals surface area contributed by atoms with Gasteiger partial charge in [0.25, 0.3) is 0 Å². The molecule has 0 aliphatic carbocycles. The normalized spacial score (nSPS) is 20.1. The fourth-order valence-corrected chi connectivity index (χ4v) is 2.13. The summed E-state index contributed by atoms with van der Waals surface area (Å²) in [4.78, 5) is 0. The molecule has 1 saturated heterocycles. The van der Waals surface area contributed by atoms with Crippen molar-refractivity contribution in [1.29, 1.82) is 0 Å². The summed E-state index contributed by atoms with van der Waals surface area (Å²) in [5, 5.41) is 0. The molecule has 14 heavy (non-hydrogen) atoms. The van der Waals surface area contributed by atoms with Gasteiger partial charge in [-0.2, -0.15) is 12.7 Å². The molecule has 0 spiro atoms. The van der Waals surface area contributed by atoms with Gasteiger partial charge in [0, 0.05) is 0 Å². The van der Waals surface area contributed by atoms with Crippen LogP contribution < -0.4 is 0 Å². The van der Waals surface area contributed by atoms with Crippen molar-refractivity contribution in [3.05, 3.63) is 0 Å². The lowest BCUT2D eigenvalue weighted by Crippen LogP contribution is -2.66. The lowest BCUT2D eigenvalue weighted by molar-refractivity contribution is -0.912. The van der Waals surface area contributed by atoms with Crippen molar-refractivity contribution in [2.24, 2.45) is 0 Å². The number of rotatable bonds is 3. The van der Waals surface area contributed by atoms with Crippen LogP contribution in [0.15, 0.2) is 0 Å². The van der Waals surface area contributed by atoms with E-state index < -0.39 is 10.3 Å². The van der Waals surface area contributed by atoms with Crippen molar-refractivity contribution in [1.82, 2.24) is 4.31 Å². The fraction of sp³-hybridized carbons (Fsp3) is 0.750. The van der Waals surface area contributed by atoms with Crippen LogP contribution >= 0.6 is 0 Å². The topological polar surface area (TPSA) is 57.6 Å². The van der Waals surface area contributed by atoms with E-state index in [1.807, 2.05) is 14.1 Å². The van der Waals surface area contributed by atoms with Crippen molar-refractivity contribution in [3.63, 3.8) is 0 Å². The van der Waals surface area contributed by atoms with Crippen molar-refractivity contribution in [2.75, 3.05) is 33.7 Å². The Kier molecular flexibility index (Phi) is 2.88. The molecular formula is C8H15N2O3S+. The van der Waals surface area contributed by atoms with Crippen LogP contribution in [0.5, 0.6) is 0 Å². The van der Waals surface area contributed by atoms with Gasteiger partial charge in [-0.3, -0.25) is 4.55 Å². The van der Waals surface area contributed by atoms with Gasteiger partial charge >= 0.3 is 10.3 Å². The fourth-order valence-electron chi connectivity index (χ4n) is 1.41. The minimum atomic E-state index is -4.00. The molecule has 0 aromatic heterocycles. The zero-order chi connectivity index (χ0) is 11.0. The number of nitrogens with zero attached hydrogens (tertiary/aromatic N) is 2. The first-order chi connectivity index (χ1) is 6.27. The van der Waals surface area contributed by atoms with E-state index in [9.17, 15) is 8.42 Å². The Morgan fingerprint density at radius 2 is 2.07 bits per heavy atom. The summed E-state index contributed by atoms with van der Waals surface area (Å²) in [7, 11) is -0.102. The Bertz CT molecular complexity index is 349. The minimum Gasteiger partial charge on any atom is -0.314 e. The molecule has 0 amide bonds. The number of terminal acetylenes is 1. The standard InChI is InChI=1S/C8H14N2O3S/c1-4-5-10(2,3)8-6-9(7-8)14(11,12)13/h1,8H,5-7H2,2-3H3/p+1. The number of likely N-dealkylation sites (N-methyl/N-ethyl adjacent to an activating group) is 1. The number of hydrogen-bond acceptors (Lipinski definition) is 2. The highest BCUT2D eigenvalue weighted by Gasteiger charge is 2.43. The van der Waals surface area contributed by atoms with Gasteiger partial charge in [0.05, 0.1) is 27.2 Å². The Balaban J connectivity index is 2.54.